The fourth-order valence-corrected chi connectivity index (χ4v) is 1.39. The number of likely N-dealkylation sites (N-methyl/N-ethyl adjacent to an activating group) is 1. The highest BCUT2D eigenvalue weighted by Gasteiger charge is 2.13. The highest BCUT2D eigenvalue weighted by Crippen LogP contribution is 2.22. The van der Waals surface area contributed by atoms with E-state index in [1.54, 1.807) is 7.05 Å². The molecule has 68 valence electrons. The molecule has 1 heterocycles. The predicted molar refractivity (Wildman–Crippen MR) is 42.5 cm³/mol. The van der Waals surface area contributed by atoms with E-state index < -0.39 is 6.43 Å². The minimum atomic E-state index is -2.49. The highest BCUT2D eigenvalue weighted by molar-refractivity contribution is 7.11. The average Bonchev–Trinajstić information content (AvgIpc) is 2.48. The van der Waals surface area contributed by atoms with Crippen LogP contribution in [0.1, 0.15) is 16.4 Å². The summed E-state index contributed by atoms with van der Waals surface area (Å²) in [5, 5.41) is 10.3. The molecule has 0 saturated carbocycles. The molecule has 1 aromatic rings. The van der Waals surface area contributed by atoms with Gasteiger partial charge in [-0.2, -0.15) is 0 Å². The molecule has 1 N–H and O–H groups in total. The maximum atomic E-state index is 12.0. The fraction of sp³-hybridized carbons (Fsp3) is 0.667. The highest BCUT2D eigenvalue weighted by atomic mass is 32.1. The quantitative estimate of drug-likeness (QED) is 0.781. The summed E-state index contributed by atoms with van der Waals surface area (Å²) in [7, 11) is 1.80. The molecule has 1 aromatic heterocycles. The van der Waals surface area contributed by atoms with Crippen molar-refractivity contribution >= 4 is 11.3 Å². The molecule has 0 aliphatic carbocycles. The fourth-order valence-electron chi connectivity index (χ4n) is 0.688. The van der Waals surface area contributed by atoms with Crippen molar-refractivity contribution in [1.82, 2.24) is 15.5 Å². The number of aromatic nitrogens is 2. The molecule has 0 aliphatic rings. The Morgan fingerprint density at radius 2 is 2.25 bits per heavy atom. The van der Waals surface area contributed by atoms with Crippen molar-refractivity contribution in [2.75, 3.05) is 13.6 Å². The van der Waals surface area contributed by atoms with Crippen LogP contribution < -0.4 is 5.32 Å². The van der Waals surface area contributed by atoms with Gasteiger partial charge in [0.15, 0.2) is 5.01 Å². The summed E-state index contributed by atoms with van der Waals surface area (Å²) in [6.45, 7) is 0.734. The van der Waals surface area contributed by atoms with Gasteiger partial charge in [-0.3, -0.25) is 0 Å². The molecule has 6 heteroatoms. The molecule has 0 aliphatic heterocycles. The molecule has 0 unspecified atom stereocenters. The van der Waals surface area contributed by atoms with E-state index in [0.29, 0.717) is 11.4 Å². The Morgan fingerprint density at radius 3 is 2.75 bits per heavy atom. The Labute approximate surface area is 72.8 Å². The lowest BCUT2D eigenvalue weighted by Crippen LogP contribution is -2.09. The Balaban J connectivity index is 2.52. The largest absolute Gasteiger partial charge is 0.319 e. The number of alkyl halides is 2. The Bertz CT molecular complexity index is 238. The van der Waals surface area contributed by atoms with E-state index in [0.717, 1.165) is 17.9 Å². The third-order valence-corrected chi connectivity index (χ3v) is 2.25. The maximum absolute atomic E-state index is 12.0. The molecule has 0 bridgehead atoms. The Morgan fingerprint density at radius 1 is 1.50 bits per heavy atom. The van der Waals surface area contributed by atoms with Crippen molar-refractivity contribution < 1.29 is 8.78 Å². The molecule has 0 saturated heterocycles. The van der Waals surface area contributed by atoms with Crippen LogP contribution >= 0.6 is 11.3 Å². The second-order valence-electron chi connectivity index (χ2n) is 2.19. The first-order valence-corrected chi connectivity index (χ1v) is 4.30. The Kier molecular flexibility index (Phi) is 3.48. The predicted octanol–water partition coefficient (Wildman–Crippen LogP) is 1.24. The van der Waals surface area contributed by atoms with Gasteiger partial charge in [0, 0.05) is 13.0 Å². The van der Waals surface area contributed by atoms with Crippen molar-refractivity contribution in [2.24, 2.45) is 0 Å². The number of halogens is 2. The zero-order valence-electron chi connectivity index (χ0n) is 6.55. The van der Waals surface area contributed by atoms with Crippen molar-refractivity contribution in [3.63, 3.8) is 0 Å². The molecule has 0 spiro atoms. The summed E-state index contributed by atoms with van der Waals surface area (Å²) >= 11 is 0.969. The topological polar surface area (TPSA) is 37.8 Å². The van der Waals surface area contributed by atoms with Gasteiger partial charge < -0.3 is 5.32 Å². The maximum Gasteiger partial charge on any atom is 0.291 e. The molecule has 0 amide bonds. The lowest BCUT2D eigenvalue weighted by atomic mass is 10.4. The van der Waals surface area contributed by atoms with Gasteiger partial charge in [-0.05, 0) is 7.05 Å². The van der Waals surface area contributed by atoms with Crippen molar-refractivity contribution in [3.05, 3.63) is 10.0 Å². The van der Waals surface area contributed by atoms with Crippen LogP contribution in [0.15, 0.2) is 0 Å². The molecular formula is C6H9F2N3S. The van der Waals surface area contributed by atoms with E-state index in [2.05, 4.69) is 15.5 Å². The molecule has 1 rings (SSSR count). The van der Waals surface area contributed by atoms with Gasteiger partial charge in [0.25, 0.3) is 6.43 Å². The van der Waals surface area contributed by atoms with Gasteiger partial charge in [0.05, 0.1) is 0 Å². The van der Waals surface area contributed by atoms with Crippen LogP contribution in [0.25, 0.3) is 0 Å². The third kappa shape index (κ3) is 2.46. The molecule has 12 heavy (non-hydrogen) atoms. The van der Waals surface area contributed by atoms with Gasteiger partial charge >= 0.3 is 0 Å². The number of hydrogen-bond acceptors (Lipinski definition) is 4. The summed E-state index contributed by atoms with van der Waals surface area (Å²) < 4.78 is 24.0. The first kappa shape index (κ1) is 9.47. The smallest absolute Gasteiger partial charge is 0.291 e. The van der Waals surface area contributed by atoms with Crippen LogP contribution in [-0.4, -0.2) is 23.8 Å². The number of nitrogens with zero attached hydrogens (tertiary/aromatic N) is 2. The second kappa shape index (κ2) is 4.42. The van der Waals surface area contributed by atoms with E-state index in [-0.39, 0.29) is 5.01 Å². The minimum absolute atomic E-state index is 0.193. The van der Waals surface area contributed by atoms with Crippen molar-refractivity contribution in [1.29, 1.82) is 0 Å². The standard InChI is InChI=1S/C6H9F2N3S/c1-9-3-2-4-10-11-6(12-4)5(7)8/h5,9H,2-3H2,1H3. The first-order chi connectivity index (χ1) is 5.74. The number of rotatable bonds is 4. The summed E-state index contributed by atoms with van der Waals surface area (Å²) in [5.74, 6) is 0. The zero-order valence-corrected chi connectivity index (χ0v) is 7.37. The van der Waals surface area contributed by atoms with E-state index in [1.807, 2.05) is 0 Å². The lowest BCUT2D eigenvalue weighted by molar-refractivity contribution is 0.150. The van der Waals surface area contributed by atoms with Gasteiger partial charge in [0.1, 0.15) is 5.01 Å². The van der Waals surface area contributed by atoms with Crippen LogP contribution in [-0.2, 0) is 6.42 Å². The monoisotopic (exact) mass is 193 g/mol. The number of hydrogen-bond donors (Lipinski definition) is 1. The third-order valence-electron chi connectivity index (χ3n) is 1.26. The molecule has 0 aromatic carbocycles. The van der Waals surface area contributed by atoms with Crippen LogP contribution in [0.5, 0.6) is 0 Å². The van der Waals surface area contributed by atoms with Crippen molar-refractivity contribution in [3.8, 4) is 0 Å². The summed E-state index contributed by atoms with van der Waals surface area (Å²) in [5.41, 5.74) is 0. The number of nitrogens with one attached hydrogen (secondary N) is 1. The van der Waals surface area contributed by atoms with Gasteiger partial charge in [-0.15, -0.1) is 10.2 Å². The van der Waals surface area contributed by atoms with Crippen LogP contribution in [0.2, 0.25) is 0 Å². The molecule has 3 nitrogen and oxygen atoms in total. The molecule has 0 radical (unpaired) electrons. The SMILES string of the molecule is CNCCc1nnc(C(F)F)s1. The molecule has 0 fully saturated rings. The summed E-state index contributed by atoms with van der Waals surface area (Å²) in [4.78, 5) is 0. The zero-order chi connectivity index (χ0) is 8.97. The Hall–Kier alpha value is -0.620. The van der Waals surface area contributed by atoms with Gasteiger partial charge in [0.2, 0.25) is 0 Å². The lowest BCUT2D eigenvalue weighted by Gasteiger charge is -1.91. The molecule has 0 atom stereocenters. The second-order valence-corrected chi connectivity index (χ2v) is 3.28. The van der Waals surface area contributed by atoms with E-state index >= 15 is 0 Å². The molecular weight excluding hydrogens is 184 g/mol. The van der Waals surface area contributed by atoms with Crippen LogP contribution in [0, 0.1) is 0 Å². The first-order valence-electron chi connectivity index (χ1n) is 3.49. The van der Waals surface area contributed by atoms with Crippen molar-refractivity contribution in [2.45, 2.75) is 12.8 Å². The summed E-state index contributed by atoms with van der Waals surface area (Å²) in [6, 6.07) is 0. The van der Waals surface area contributed by atoms with E-state index in [1.165, 1.54) is 0 Å². The van der Waals surface area contributed by atoms with Crippen LogP contribution in [0.3, 0.4) is 0 Å². The van der Waals surface area contributed by atoms with E-state index in [9.17, 15) is 8.78 Å². The van der Waals surface area contributed by atoms with E-state index in [4.69, 9.17) is 0 Å². The van der Waals surface area contributed by atoms with Crippen LogP contribution in [0.4, 0.5) is 8.78 Å². The average molecular weight is 193 g/mol. The van der Waals surface area contributed by atoms with Gasteiger partial charge in [-0.1, -0.05) is 11.3 Å². The minimum Gasteiger partial charge on any atom is -0.319 e. The summed E-state index contributed by atoms with van der Waals surface area (Å²) in [6.07, 6.45) is -1.84. The normalized spacial score (nSPS) is 11.0. The van der Waals surface area contributed by atoms with Gasteiger partial charge in [-0.25, -0.2) is 8.78 Å².